The normalized spacial score (nSPS) is 22.1. The number of anilines is 1. The molecule has 0 atom stereocenters. The molecule has 1 aliphatic heterocycles. The summed E-state index contributed by atoms with van der Waals surface area (Å²) in [7, 11) is 0. The Kier molecular flexibility index (Phi) is 3.81. The molecule has 3 rings (SSSR count). The van der Waals surface area contributed by atoms with E-state index in [1.165, 1.54) is 44.9 Å². The number of aryl methyl sites for hydroxylation is 1. The van der Waals surface area contributed by atoms with Crippen molar-refractivity contribution in [2.75, 3.05) is 18.0 Å². The number of hydrogen-bond acceptors (Lipinski definition) is 3. The number of aromatic amines is 1. The highest BCUT2D eigenvalue weighted by Gasteiger charge is 2.35. The highest BCUT2D eigenvalue weighted by molar-refractivity contribution is 5.38. The zero-order chi connectivity index (χ0) is 14.0. The maximum absolute atomic E-state index is 11.7. The fraction of sp³-hybridized carbons (Fsp3) is 0.750. The Labute approximate surface area is 120 Å². The molecule has 20 heavy (non-hydrogen) atoms. The van der Waals surface area contributed by atoms with E-state index in [1.54, 1.807) is 6.07 Å². The van der Waals surface area contributed by atoms with Gasteiger partial charge >= 0.3 is 0 Å². The lowest BCUT2D eigenvalue weighted by Gasteiger charge is -2.44. The molecule has 2 fully saturated rings. The molecule has 1 aliphatic carbocycles. The lowest BCUT2D eigenvalue weighted by atomic mass is 9.68. The first-order valence-corrected chi connectivity index (χ1v) is 8.06. The molecule has 0 bridgehead atoms. The van der Waals surface area contributed by atoms with Gasteiger partial charge in [-0.1, -0.05) is 26.2 Å². The van der Waals surface area contributed by atoms with Crippen LogP contribution in [0.3, 0.4) is 0 Å². The minimum Gasteiger partial charge on any atom is -0.356 e. The molecule has 1 aromatic heterocycles. The molecule has 0 unspecified atom stereocenters. The van der Waals surface area contributed by atoms with E-state index in [1.807, 2.05) is 6.92 Å². The highest BCUT2D eigenvalue weighted by atomic mass is 16.1. The molecule has 0 amide bonds. The molecule has 1 spiro atoms. The van der Waals surface area contributed by atoms with Gasteiger partial charge in [-0.3, -0.25) is 4.79 Å². The standard InChI is InChI=1S/C16H25N3O/c1-2-13-17-14(12-15(20)18-13)19-10-8-16(9-11-19)6-4-3-5-7-16/h12H,2-11H2,1H3,(H,17,18,20). The predicted octanol–water partition coefficient (Wildman–Crippen LogP) is 2.88. The number of rotatable bonds is 2. The van der Waals surface area contributed by atoms with Gasteiger partial charge in [0.2, 0.25) is 0 Å². The van der Waals surface area contributed by atoms with Crippen molar-refractivity contribution in [2.45, 2.75) is 58.3 Å². The van der Waals surface area contributed by atoms with Gasteiger partial charge in [0.1, 0.15) is 11.6 Å². The lowest BCUT2D eigenvalue weighted by molar-refractivity contribution is 0.144. The largest absolute Gasteiger partial charge is 0.356 e. The summed E-state index contributed by atoms with van der Waals surface area (Å²) in [5, 5.41) is 0. The van der Waals surface area contributed by atoms with E-state index in [2.05, 4.69) is 14.9 Å². The average Bonchev–Trinajstić information content (AvgIpc) is 2.48. The van der Waals surface area contributed by atoms with Crippen molar-refractivity contribution in [2.24, 2.45) is 5.41 Å². The summed E-state index contributed by atoms with van der Waals surface area (Å²) in [6.07, 6.45) is 10.4. The van der Waals surface area contributed by atoms with E-state index < -0.39 is 0 Å². The van der Waals surface area contributed by atoms with Gasteiger partial charge in [-0.15, -0.1) is 0 Å². The van der Waals surface area contributed by atoms with E-state index >= 15 is 0 Å². The molecule has 4 heteroatoms. The third kappa shape index (κ3) is 2.74. The van der Waals surface area contributed by atoms with Crippen LogP contribution in [0.25, 0.3) is 0 Å². The Morgan fingerprint density at radius 3 is 2.55 bits per heavy atom. The second-order valence-electron chi connectivity index (χ2n) is 6.45. The van der Waals surface area contributed by atoms with Crippen LogP contribution in [0.2, 0.25) is 0 Å². The van der Waals surface area contributed by atoms with Crippen molar-refractivity contribution in [1.29, 1.82) is 0 Å². The van der Waals surface area contributed by atoms with Gasteiger partial charge in [0.25, 0.3) is 5.56 Å². The zero-order valence-electron chi connectivity index (χ0n) is 12.5. The van der Waals surface area contributed by atoms with Crippen molar-refractivity contribution >= 4 is 5.82 Å². The minimum atomic E-state index is -0.0233. The van der Waals surface area contributed by atoms with Gasteiger partial charge in [-0.05, 0) is 31.1 Å². The van der Waals surface area contributed by atoms with Crippen molar-refractivity contribution in [3.05, 3.63) is 22.2 Å². The van der Waals surface area contributed by atoms with Gasteiger partial charge in [0, 0.05) is 25.6 Å². The fourth-order valence-electron chi connectivity index (χ4n) is 3.84. The topological polar surface area (TPSA) is 49.0 Å². The van der Waals surface area contributed by atoms with Crippen LogP contribution in [0.4, 0.5) is 5.82 Å². The Bertz CT molecular complexity index is 507. The van der Waals surface area contributed by atoms with E-state index in [-0.39, 0.29) is 5.56 Å². The van der Waals surface area contributed by atoms with Crippen LogP contribution in [0.1, 0.15) is 57.7 Å². The first kappa shape index (κ1) is 13.7. The van der Waals surface area contributed by atoms with Crippen LogP contribution < -0.4 is 10.5 Å². The van der Waals surface area contributed by atoms with Gasteiger partial charge in [0.05, 0.1) is 0 Å². The van der Waals surface area contributed by atoms with E-state index in [0.29, 0.717) is 5.41 Å². The molecule has 0 aromatic carbocycles. The third-order valence-corrected chi connectivity index (χ3v) is 5.17. The van der Waals surface area contributed by atoms with E-state index in [0.717, 1.165) is 31.2 Å². The Hall–Kier alpha value is -1.32. The second kappa shape index (κ2) is 5.58. The molecule has 1 saturated carbocycles. The number of aromatic nitrogens is 2. The van der Waals surface area contributed by atoms with Gasteiger partial charge in [0.15, 0.2) is 0 Å². The van der Waals surface area contributed by atoms with Crippen molar-refractivity contribution in [3.8, 4) is 0 Å². The molecule has 2 aliphatic rings. The molecule has 2 heterocycles. The summed E-state index contributed by atoms with van der Waals surface area (Å²) in [5.74, 6) is 1.67. The van der Waals surface area contributed by atoms with Gasteiger partial charge < -0.3 is 9.88 Å². The fourth-order valence-corrected chi connectivity index (χ4v) is 3.84. The SMILES string of the molecule is CCc1nc(N2CCC3(CCCCC3)CC2)cc(=O)[nH]1. The van der Waals surface area contributed by atoms with Crippen molar-refractivity contribution in [3.63, 3.8) is 0 Å². The zero-order valence-corrected chi connectivity index (χ0v) is 12.5. The molecular weight excluding hydrogens is 250 g/mol. The summed E-state index contributed by atoms with van der Waals surface area (Å²) < 4.78 is 0. The average molecular weight is 275 g/mol. The number of H-pyrrole nitrogens is 1. The van der Waals surface area contributed by atoms with Gasteiger partial charge in [-0.2, -0.15) is 0 Å². The van der Waals surface area contributed by atoms with Crippen LogP contribution in [-0.2, 0) is 6.42 Å². The van der Waals surface area contributed by atoms with Gasteiger partial charge in [-0.25, -0.2) is 4.98 Å². The summed E-state index contributed by atoms with van der Waals surface area (Å²) in [5.41, 5.74) is 0.577. The van der Waals surface area contributed by atoms with Crippen molar-refractivity contribution < 1.29 is 0 Å². The maximum Gasteiger partial charge on any atom is 0.252 e. The van der Waals surface area contributed by atoms with Crippen LogP contribution in [0.15, 0.2) is 10.9 Å². The quantitative estimate of drug-likeness (QED) is 0.903. The number of hydrogen-bond donors (Lipinski definition) is 1. The van der Waals surface area contributed by atoms with Crippen LogP contribution in [0.5, 0.6) is 0 Å². The number of piperidine rings is 1. The monoisotopic (exact) mass is 275 g/mol. The number of nitrogens with one attached hydrogen (secondary N) is 1. The second-order valence-corrected chi connectivity index (χ2v) is 6.45. The predicted molar refractivity (Wildman–Crippen MR) is 81.2 cm³/mol. The summed E-state index contributed by atoms with van der Waals surface area (Å²) in [4.78, 5) is 21.4. The van der Waals surface area contributed by atoms with Crippen molar-refractivity contribution in [1.82, 2.24) is 9.97 Å². The smallest absolute Gasteiger partial charge is 0.252 e. The molecule has 4 nitrogen and oxygen atoms in total. The molecule has 1 saturated heterocycles. The molecule has 110 valence electrons. The third-order valence-electron chi connectivity index (χ3n) is 5.17. The van der Waals surface area contributed by atoms with E-state index in [9.17, 15) is 4.79 Å². The number of nitrogens with zero attached hydrogens (tertiary/aromatic N) is 2. The van der Waals surface area contributed by atoms with Crippen LogP contribution >= 0.6 is 0 Å². The molecule has 1 N–H and O–H groups in total. The molecule has 0 radical (unpaired) electrons. The van der Waals surface area contributed by atoms with Crippen LogP contribution in [-0.4, -0.2) is 23.1 Å². The first-order valence-electron chi connectivity index (χ1n) is 8.06. The maximum atomic E-state index is 11.7. The summed E-state index contributed by atoms with van der Waals surface area (Å²) in [6.45, 7) is 4.13. The lowest BCUT2D eigenvalue weighted by Crippen LogP contribution is -2.42. The van der Waals surface area contributed by atoms with Crippen LogP contribution in [0, 0.1) is 5.41 Å². The first-order chi connectivity index (χ1) is 9.71. The molecular formula is C16H25N3O. The molecule has 1 aromatic rings. The summed E-state index contributed by atoms with van der Waals surface area (Å²) in [6, 6.07) is 1.65. The highest BCUT2D eigenvalue weighted by Crippen LogP contribution is 2.44. The minimum absolute atomic E-state index is 0.0233. The van der Waals surface area contributed by atoms with E-state index in [4.69, 9.17) is 0 Å². The Morgan fingerprint density at radius 1 is 1.20 bits per heavy atom. The Balaban J connectivity index is 1.71. The Morgan fingerprint density at radius 2 is 1.90 bits per heavy atom. The summed E-state index contributed by atoms with van der Waals surface area (Å²) >= 11 is 0.